The Morgan fingerprint density at radius 2 is 2.00 bits per heavy atom. The molecule has 1 aliphatic heterocycles. The standard InChI is InChI=1S/C20H26N4O4/c1-21-20(22-8-7-15-5-6-16(27-2)14-17(15)25)24-11-9-23(10-12-24)19(26)18-4-3-13-28-18/h3-6,13-14,25H,7-12H2,1-2H3,(H,21,22). The van der Waals surface area contributed by atoms with Gasteiger partial charge in [-0.15, -0.1) is 0 Å². The third kappa shape index (κ3) is 4.57. The Morgan fingerprint density at radius 1 is 1.25 bits per heavy atom. The third-order valence-electron chi connectivity index (χ3n) is 4.78. The number of phenols is 1. The van der Waals surface area contributed by atoms with Crippen LogP contribution >= 0.6 is 0 Å². The second kappa shape index (κ2) is 9.16. The number of ether oxygens (including phenoxy) is 1. The summed E-state index contributed by atoms with van der Waals surface area (Å²) < 4.78 is 10.3. The number of rotatable bonds is 5. The van der Waals surface area contributed by atoms with Crippen molar-refractivity contribution in [3.63, 3.8) is 0 Å². The number of guanidine groups is 1. The average Bonchev–Trinajstić information content (AvgIpc) is 3.27. The number of hydrogen-bond donors (Lipinski definition) is 2. The molecule has 2 aromatic rings. The van der Waals surface area contributed by atoms with Crippen LogP contribution in [0.4, 0.5) is 0 Å². The lowest BCUT2D eigenvalue weighted by molar-refractivity contribution is 0.0658. The molecule has 2 heterocycles. The molecular weight excluding hydrogens is 360 g/mol. The highest BCUT2D eigenvalue weighted by atomic mass is 16.5. The second-order valence-corrected chi connectivity index (χ2v) is 6.48. The number of carbonyl (C=O) groups excluding carboxylic acids is 1. The van der Waals surface area contributed by atoms with Crippen LogP contribution in [0.15, 0.2) is 46.0 Å². The van der Waals surface area contributed by atoms with Crippen LogP contribution < -0.4 is 10.1 Å². The third-order valence-corrected chi connectivity index (χ3v) is 4.78. The summed E-state index contributed by atoms with van der Waals surface area (Å²) in [6, 6.07) is 8.70. The Labute approximate surface area is 164 Å². The Morgan fingerprint density at radius 3 is 2.61 bits per heavy atom. The fourth-order valence-corrected chi connectivity index (χ4v) is 3.20. The topological polar surface area (TPSA) is 90.5 Å². The molecule has 8 heteroatoms. The highest BCUT2D eigenvalue weighted by Crippen LogP contribution is 2.23. The van der Waals surface area contributed by atoms with Gasteiger partial charge in [0.25, 0.3) is 5.91 Å². The summed E-state index contributed by atoms with van der Waals surface area (Å²) in [4.78, 5) is 20.6. The van der Waals surface area contributed by atoms with Gasteiger partial charge in [0.1, 0.15) is 11.5 Å². The van der Waals surface area contributed by atoms with Crippen LogP contribution in [0, 0.1) is 0 Å². The molecule has 0 unspecified atom stereocenters. The first-order valence-corrected chi connectivity index (χ1v) is 9.26. The summed E-state index contributed by atoms with van der Waals surface area (Å²) in [6.07, 6.45) is 2.17. The molecule has 8 nitrogen and oxygen atoms in total. The molecule has 0 radical (unpaired) electrons. The highest BCUT2D eigenvalue weighted by Gasteiger charge is 2.25. The number of methoxy groups -OCH3 is 1. The predicted molar refractivity (Wildman–Crippen MR) is 106 cm³/mol. The molecule has 2 N–H and O–H groups in total. The highest BCUT2D eigenvalue weighted by molar-refractivity contribution is 5.91. The first-order chi connectivity index (χ1) is 13.6. The van der Waals surface area contributed by atoms with Gasteiger partial charge in [0.15, 0.2) is 11.7 Å². The monoisotopic (exact) mass is 386 g/mol. The summed E-state index contributed by atoms with van der Waals surface area (Å²) in [5.41, 5.74) is 0.845. The van der Waals surface area contributed by atoms with Crippen LogP contribution in [0.2, 0.25) is 0 Å². The maximum atomic E-state index is 12.3. The molecule has 1 aromatic heterocycles. The van der Waals surface area contributed by atoms with E-state index < -0.39 is 0 Å². The van der Waals surface area contributed by atoms with Gasteiger partial charge in [-0.2, -0.15) is 0 Å². The number of nitrogens with one attached hydrogen (secondary N) is 1. The zero-order valence-corrected chi connectivity index (χ0v) is 16.2. The summed E-state index contributed by atoms with van der Waals surface area (Å²) in [5.74, 6) is 1.93. The summed E-state index contributed by atoms with van der Waals surface area (Å²) >= 11 is 0. The zero-order valence-electron chi connectivity index (χ0n) is 16.2. The summed E-state index contributed by atoms with van der Waals surface area (Å²) in [7, 11) is 3.31. The molecule has 1 amide bonds. The normalized spacial score (nSPS) is 14.9. The predicted octanol–water partition coefficient (Wildman–Crippen LogP) is 1.57. The Balaban J connectivity index is 1.48. The van der Waals surface area contributed by atoms with E-state index in [1.54, 1.807) is 37.3 Å². The van der Waals surface area contributed by atoms with Crippen molar-refractivity contribution in [3.8, 4) is 11.5 Å². The van der Waals surface area contributed by atoms with Crippen LogP contribution in [0.25, 0.3) is 0 Å². The molecule has 1 saturated heterocycles. The van der Waals surface area contributed by atoms with Gasteiger partial charge in [-0.25, -0.2) is 0 Å². The summed E-state index contributed by atoms with van der Waals surface area (Å²) in [6.45, 7) is 3.25. The largest absolute Gasteiger partial charge is 0.508 e. The van der Waals surface area contributed by atoms with Gasteiger partial charge < -0.3 is 29.4 Å². The molecule has 1 fully saturated rings. The number of aliphatic imine (C=N–C) groups is 1. The molecule has 150 valence electrons. The summed E-state index contributed by atoms with van der Waals surface area (Å²) in [5, 5.41) is 13.4. The van der Waals surface area contributed by atoms with E-state index in [-0.39, 0.29) is 11.7 Å². The van der Waals surface area contributed by atoms with Gasteiger partial charge in [-0.3, -0.25) is 9.79 Å². The number of furan rings is 1. The van der Waals surface area contributed by atoms with E-state index in [0.29, 0.717) is 50.7 Å². The van der Waals surface area contributed by atoms with Crippen molar-refractivity contribution >= 4 is 11.9 Å². The van der Waals surface area contributed by atoms with E-state index >= 15 is 0 Å². The van der Waals surface area contributed by atoms with Crippen LogP contribution in [0.5, 0.6) is 11.5 Å². The number of hydrogen-bond acceptors (Lipinski definition) is 5. The number of benzene rings is 1. The lowest BCUT2D eigenvalue weighted by atomic mass is 10.1. The van der Waals surface area contributed by atoms with Crippen LogP contribution in [0.3, 0.4) is 0 Å². The van der Waals surface area contributed by atoms with E-state index in [0.717, 1.165) is 11.5 Å². The molecule has 0 spiro atoms. The molecular formula is C20H26N4O4. The fourth-order valence-electron chi connectivity index (χ4n) is 3.20. The second-order valence-electron chi connectivity index (χ2n) is 6.48. The van der Waals surface area contributed by atoms with Crippen LogP contribution in [-0.2, 0) is 6.42 Å². The van der Waals surface area contributed by atoms with Crippen LogP contribution in [-0.4, -0.2) is 73.7 Å². The molecule has 0 atom stereocenters. The van der Waals surface area contributed by atoms with Crippen molar-refractivity contribution < 1.29 is 19.1 Å². The van der Waals surface area contributed by atoms with Gasteiger partial charge in [0.05, 0.1) is 13.4 Å². The average molecular weight is 386 g/mol. The first kappa shape index (κ1) is 19.6. The number of piperazine rings is 1. The quantitative estimate of drug-likeness (QED) is 0.599. The van der Waals surface area contributed by atoms with Crippen molar-refractivity contribution in [2.75, 3.05) is 46.9 Å². The van der Waals surface area contributed by atoms with Gasteiger partial charge in [0, 0.05) is 45.8 Å². The molecule has 0 bridgehead atoms. The number of amides is 1. The number of aromatic hydroxyl groups is 1. The Bertz CT molecular complexity index is 812. The smallest absolute Gasteiger partial charge is 0.289 e. The fraction of sp³-hybridized carbons (Fsp3) is 0.400. The molecule has 1 aromatic carbocycles. The number of phenolic OH excluding ortho intramolecular Hbond substituents is 1. The van der Waals surface area contributed by atoms with Crippen molar-refractivity contribution in [2.45, 2.75) is 6.42 Å². The van der Waals surface area contributed by atoms with Crippen molar-refractivity contribution in [3.05, 3.63) is 47.9 Å². The molecule has 0 saturated carbocycles. The lowest BCUT2D eigenvalue weighted by Crippen LogP contribution is -2.54. The Kier molecular flexibility index (Phi) is 6.41. The van der Waals surface area contributed by atoms with E-state index in [1.165, 1.54) is 6.26 Å². The van der Waals surface area contributed by atoms with Gasteiger partial charge in [-0.05, 0) is 30.2 Å². The SMILES string of the molecule is CN=C(NCCc1ccc(OC)cc1O)N1CCN(C(=O)c2ccco2)CC1. The lowest BCUT2D eigenvalue weighted by Gasteiger charge is -2.36. The zero-order chi connectivity index (χ0) is 19.9. The molecule has 3 rings (SSSR count). The molecule has 0 aliphatic carbocycles. The van der Waals surface area contributed by atoms with Crippen molar-refractivity contribution in [2.24, 2.45) is 4.99 Å². The van der Waals surface area contributed by atoms with E-state index in [4.69, 9.17) is 9.15 Å². The number of carbonyl (C=O) groups is 1. The number of nitrogens with zero attached hydrogens (tertiary/aromatic N) is 3. The van der Waals surface area contributed by atoms with E-state index in [2.05, 4.69) is 15.2 Å². The molecule has 28 heavy (non-hydrogen) atoms. The van der Waals surface area contributed by atoms with Gasteiger partial charge in [-0.1, -0.05) is 6.07 Å². The molecule has 1 aliphatic rings. The maximum absolute atomic E-state index is 12.3. The van der Waals surface area contributed by atoms with Gasteiger partial charge >= 0.3 is 0 Å². The van der Waals surface area contributed by atoms with Crippen LogP contribution in [0.1, 0.15) is 16.1 Å². The van der Waals surface area contributed by atoms with Crippen molar-refractivity contribution in [1.82, 2.24) is 15.1 Å². The first-order valence-electron chi connectivity index (χ1n) is 9.26. The minimum atomic E-state index is -0.0809. The maximum Gasteiger partial charge on any atom is 0.289 e. The minimum Gasteiger partial charge on any atom is -0.508 e. The Hall–Kier alpha value is -3.16. The van der Waals surface area contributed by atoms with Gasteiger partial charge in [0.2, 0.25) is 0 Å². The van der Waals surface area contributed by atoms with E-state index in [9.17, 15) is 9.90 Å². The van der Waals surface area contributed by atoms with Crippen molar-refractivity contribution in [1.29, 1.82) is 0 Å². The minimum absolute atomic E-state index is 0.0809. The van der Waals surface area contributed by atoms with E-state index in [1.807, 2.05) is 12.1 Å².